The van der Waals surface area contributed by atoms with E-state index in [0.717, 1.165) is 38.3 Å². The van der Waals surface area contributed by atoms with Gasteiger partial charge in [0.1, 0.15) is 0 Å². The summed E-state index contributed by atoms with van der Waals surface area (Å²) in [6.45, 7) is 8.53. The van der Waals surface area contributed by atoms with Crippen LogP contribution in [0.5, 0.6) is 0 Å². The van der Waals surface area contributed by atoms with Crippen LogP contribution >= 0.6 is 0 Å². The van der Waals surface area contributed by atoms with E-state index in [0.29, 0.717) is 17.3 Å². The van der Waals surface area contributed by atoms with Crippen molar-refractivity contribution in [3.8, 4) is 0 Å². The Hall–Kier alpha value is -1.75. The molecule has 1 fully saturated rings. The van der Waals surface area contributed by atoms with Gasteiger partial charge in [-0.2, -0.15) is 0 Å². The van der Waals surface area contributed by atoms with E-state index < -0.39 is 5.91 Å². The number of nitrogens with zero attached hydrogens (tertiary/aromatic N) is 2. The number of anilines is 2. The predicted molar refractivity (Wildman–Crippen MR) is 82.9 cm³/mol. The van der Waals surface area contributed by atoms with Crippen LogP contribution < -0.4 is 16.4 Å². The highest BCUT2D eigenvalue weighted by Crippen LogP contribution is 2.26. The number of amides is 1. The van der Waals surface area contributed by atoms with Crippen molar-refractivity contribution in [2.45, 2.75) is 26.3 Å². The molecule has 5 nitrogen and oxygen atoms in total. The van der Waals surface area contributed by atoms with Crippen LogP contribution in [0.15, 0.2) is 18.2 Å². The monoisotopic (exact) mass is 276 g/mol. The lowest BCUT2D eigenvalue weighted by Gasteiger charge is -2.26. The van der Waals surface area contributed by atoms with Crippen molar-refractivity contribution in [1.29, 1.82) is 0 Å². The standard InChI is InChI=1S/C15H24N4O/c1-3-18(4-2)12-7-8-19(10-12)11-5-6-14(16)13(9-11)15(17)20/h5-6,9,12H,3-4,7-8,10,16H2,1-2H3,(H2,17,20). The van der Waals surface area contributed by atoms with E-state index in [9.17, 15) is 4.79 Å². The number of hydrogen-bond donors (Lipinski definition) is 2. The van der Waals surface area contributed by atoms with Crippen molar-refractivity contribution >= 4 is 17.3 Å². The molecule has 20 heavy (non-hydrogen) atoms. The molecule has 1 aliphatic heterocycles. The lowest BCUT2D eigenvalue weighted by Crippen LogP contribution is -2.37. The van der Waals surface area contributed by atoms with Crippen LogP contribution in [0.4, 0.5) is 11.4 Å². The zero-order valence-electron chi connectivity index (χ0n) is 12.3. The Morgan fingerprint density at radius 3 is 2.70 bits per heavy atom. The molecule has 0 bridgehead atoms. The first kappa shape index (κ1) is 14.7. The maximum absolute atomic E-state index is 11.4. The van der Waals surface area contributed by atoms with Gasteiger partial charge in [-0.15, -0.1) is 0 Å². The average Bonchev–Trinajstić information content (AvgIpc) is 2.90. The number of rotatable bonds is 5. The second kappa shape index (κ2) is 6.13. The third-order valence-corrected chi connectivity index (χ3v) is 4.16. The summed E-state index contributed by atoms with van der Waals surface area (Å²) >= 11 is 0. The summed E-state index contributed by atoms with van der Waals surface area (Å²) in [7, 11) is 0. The van der Waals surface area contributed by atoms with Gasteiger partial charge in [0.25, 0.3) is 5.91 Å². The number of hydrogen-bond acceptors (Lipinski definition) is 4. The molecule has 1 atom stereocenters. The van der Waals surface area contributed by atoms with E-state index in [1.165, 1.54) is 0 Å². The molecular formula is C15H24N4O. The normalized spacial score (nSPS) is 18.8. The zero-order chi connectivity index (χ0) is 14.7. The highest BCUT2D eigenvalue weighted by molar-refractivity contribution is 5.99. The van der Waals surface area contributed by atoms with Gasteiger partial charge in [-0.25, -0.2) is 0 Å². The molecule has 0 saturated carbocycles. The van der Waals surface area contributed by atoms with Crippen LogP contribution in [-0.2, 0) is 0 Å². The molecule has 1 unspecified atom stereocenters. The minimum atomic E-state index is -0.469. The van der Waals surface area contributed by atoms with Crippen molar-refractivity contribution in [3.63, 3.8) is 0 Å². The molecular weight excluding hydrogens is 252 g/mol. The van der Waals surface area contributed by atoms with E-state index in [1.54, 1.807) is 6.07 Å². The second-order valence-corrected chi connectivity index (χ2v) is 5.25. The quantitative estimate of drug-likeness (QED) is 0.795. The number of likely N-dealkylation sites (N-methyl/N-ethyl adjacent to an activating group) is 1. The first-order chi connectivity index (χ1) is 9.56. The predicted octanol–water partition coefficient (Wildman–Crippen LogP) is 1.29. The fraction of sp³-hybridized carbons (Fsp3) is 0.533. The molecule has 1 aromatic carbocycles. The van der Waals surface area contributed by atoms with Gasteiger partial charge in [-0.1, -0.05) is 13.8 Å². The smallest absolute Gasteiger partial charge is 0.250 e. The van der Waals surface area contributed by atoms with Crippen LogP contribution in [-0.4, -0.2) is 43.0 Å². The zero-order valence-corrected chi connectivity index (χ0v) is 12.3. The third-order valence-electron chi connectivity index (χ3n) is 4.16. The molecule has 5 heteroatoms. The first-order valence-electron chi connectivity index (χ1n) is 7.25. The minimum absolute atomic E-state index is 0.411. The van der Waals surface area contributed by atoms with Crippen LogP contribution in [0.2, 0.25) is 0 Å². The summed E-state index contributed by atoms with van der Waals surface area (Å²) in [6.07, 6.45) is 1.15. The Bertz CT molecular complexity index is 485. The van der Waals surface area contributed by atoms with E-state index in [2.05, 4.69) is 23.6 Å². The fourth-order valence-electron chi connectivity index (χ4n) is 2.97. The Kier molecular flexibility index (Phi) is 4.49. The van der Waals surface area contributed by atoms with E-state index in [4.69, 9.17) is 11.5 Å². The summed E-state index contributed by atoms with van der Waals surface area (Å²) in [6, 6.07) is 6.12. The van der Waals surface area contributed by atoms with E-state index in [-0.39, 0.29) is 0 Å². The number of nitrogens with two attached hydrogens (primary N) is 2. The molecule has 2 rings (SSSR count). The van der Waals surface area contributed by atoms with Crippen molar-refractivity contribution in [3.05, 3.63) is 23.8 Å². The van der Waals surface area contributed by atoms with Crippen molar-refractivity contribution in [1.82, 2.24) is 4.90 Å². The number of benzene rings is 1. The van der Waals surface area contributed by atoms with Gasteiger partial charge in [-0.05, 0) is 37.7 Å². The molecule has 0 radical (unpaired) electrons. The lowest BCUT2D eigenvalue weighted by atomic mass is 10.1. The fourth-order valence-corrected chi connectivity index (χ4v) is 2.97. The summed E-state index contributed by atoms with van der Waals surface area (Å²) in [5, 5.41) is 0. The van der Waals surface area contributed by atoms with Crippen molar-refractivity contribution in [2.75, 3.05) is 36.8 Å². The molecule has 0 aliphatic carbocycles. The Labute approximate surface area is 120 Å². The Morgan fingerprint density at radius 1 is 1.40 bits per heavy atom. The maximum atomic E-state index is 11.4. The van der Waals surface area contributed by atoms with Crippen LogP contribution in [0.25, 0.3) is 0 Å². The van der Waals surface area contributed by atoms with Gasteiger partial charge < -0.3 is 16.4 Å². The van der Waals surface area contributed by atoms with Crippen LogP contribution in [0.1, 0.15) is 30.6 Å². The number of nitrogen functional groups attached to an aromatic ring is 1. The third kappa shape index (κ3) is 2.88. The summed E-state index contributed by atoms with van der Waals surface area (Å²) in [4.78, 5) is 16.1. The molecule has 1 saturated heterocycles. The molecule has 1 aromatic rings. The van der Waals surface area contributed by atoms with E-state index >= 15 is 0 Å². The average molecular weight is 276 g/mol. The largest absolute Gasteiger partial charge is 0.398 e. The van der Waals surface area contributed by atoms with Crippen molar-refractivity contribution < 1.29 is 4.79 Å². The lowest BCUT2D eigenvalue weighted by molar-refractivity contribution is 0.100. The van der Waals surface area contributed by atoms with Crippen LogP contribution in [0, 0.1) is 0 Å². The van der Waals surface area contributed by atoms with Crippen molar-refractivity contribution in [2.24, 2.45) is 5.73 Å². The molecule has 0 spiro atoms. The highest BCUT2D eigenvalue weighted by atomic mass is 16.1. The second-order valence-electron chi connectivity index (χ2n) is 5.25. The molecule has 1 amide bonds. The van der Waals surface area contributed by atoms with Gasteiger partial charge in [-0.3, -0.25) is 9.69 Å². The molecule has 4 N–H and O–H groups in total. The summed E-state index contributed by atoms with van der Waals surface area (Å²) in [5.41, 5.74) is 13.0. The number of primary amides is 1. The van der Waals surface area contributed by atoms with Gasteiger partial charge in [0.2, 0.25) is 0 Å². The maximum Gasteiger partial charge on any atom is 0.250 e. The molecule has 0 aromatic heterocycles. The SMILES string of the molecule is CCN(CC)C1CCN(c2ccc(N)c(C(N)=O)c2)C1. The van der Waals surface area contributed by atoms with Gasteiger partial charge >= 0.3 is 0 Å². The minimum Gasteiger partial charge on any atom is -0.398 e. The number of carbonyl (C=O) groups excluding carboxylic acids is 1. The van der Waals surface area contributed by atoms with E-state index in [1.807, 2.05) is 12.1 Å². The summed E-state index contributed by atoms with van der Waals surface area (Å²) in [5.74, 6) is -0.469. The Balaban J connectivity index is 2.14. The molecule has 1 heterocycles. The van der Waals surface area contributed by atoms with Gasteiger partial charge in [0.05, 0.1) is 5.56 Å². The highest BCUT2D eigenvalue weighted by Gasteiger charge is 2.26. The Morgan fingerprint density at radius 2 is 2.10 bits per heavy atom. The van der Waals surface area contributed by atoms with Gasteiger partial charge in [0, 0.05) is 30.5 Å². The first-order valence-corrected chi connectivity index (χ1v) is 7.25. The molecule has 110 valence electrons. The topological polar surface area (TPSA) is 75.6 Å². The summed E-state index contributed by atoms with van der Waals surface area (Å²) < 4.78 is 0. The van der Waals surface area contributed by atoms with Gasteiger partial charge in [0.15, 0.2) is 0 Å². The number of carbonyl (C=O) groups is 1. The van der Waals surface area contributed by atoms with Crippen LogP contribution in [0.3, 0.4) is 0 Å². The molecule has 1 aliphatic rings.